The van der Waals surface area contributed by atoms with Gasteiger partial charge in [-0.1, -0.05) is 12.1 Å². The van der Waals surface area contributed by atoms with Crippen LogP contribution < -0.4 is 5.32 Å². The monoisotopic (exact) mass is 301 g/mol. The highest BCUT2D eigenvalue weighted by Gasteiger charge is 2.14. The fourth-order valence-corrected chi connectivity index (χ4v) is 1.80. The average molecular weight is 301 g/mol. The summed E-state index contributed by atoms with van der Waals surface area (Å²) >= 11 is 0. The van der Waals surface area contributed by atoms with Gasteiger partial charge in [0.1, 0.15) is 12.0 Å². The molecule has 0 aliphatic carbocycles. The van der Waals surface area contributed by atoms with E-state index in [2.05, 4.69) is 5.32 Å². The van der Waals surface area contributed by atoms with E-state index >= 15 is 0 Å². The molecule has 0 saturated carbocycles. The zero-order chi connectivity index (χ0) is 15.9. The van der Waals surface area contributed by atoms with Crippen LogP contribution in [0.3, 0.4) is 0 Å². The molecule has 1 amide bonds. The molecule has 0 aliphatic rings. The van der Waals surface area contributed by atoms with Crippen LogP contribution in [-0.2, 0) is 9.53 Å². The molecule has 0 radical (unpaired) electrons. The van der Waals surface area contributed by atoms with Gasteiger partial charge in [-0.3, -0.25) is 9.59 Å². The zero-order valence-corrected chi connectivity index (χ0v) is 11.9. The number of hydrogen-bond acceptors (Lipinski definition) is 5. The molecule has 2 aromatic rings. The molecule has 1 N–H and O–H groups in total. The number of carbonyl (C=O) groups is 3. The molecule has 0 saturated heterocycles. The molecule has 1 aromatic carbocycles. The van der Waals surface area contributed by atoms with Crippen molar-refractivity contribution < 1.29 is 23.5 Å². The maximum Gasteiger partial charge on any atom is 0.338 e. The molecule has 1 atom stereocenters. The van der Waals surface area contributed by atoms with Crippen LogP contribution in [0.2, 0.25) is 0 Å². The van der Waals surface area contributed by atoms with Gasteiger partial charge >= 0.3 is 5.97 Å². The van der Waals surface area contributed by atoms with E-state index < -0.39 is 11.9 Å². The van der Waals surface area contributed by atoms with Gasteiger partial charge in [-0.2, -0.15) is 0 Å². The van der Waals surface area contributed by atoms with Crippen molar-refractivity contribution >= 4 is 18.2 Å². The first-order valence-electron chi connectivity index (χ1n) is 6.65. The Bertz CT molecular complexity index is 646. The molecule has 0 unspecified atom stereocenters. The van der Waals surface area contributed by atoms with Gasteiger partial charge in [0.05, 0.1) is 17.9 Å². The number of carbonyl (C=O) groups excluding carboxylic acids is 3. The van der Waals surface area contributed by atoms with Gasteiger partial charge in [0, 0.05) is 5.56 Å². The van der Waals surface area contributed by atoms with E-state index in [1.54, 1.807) is 19.1 Å². The molecule has 0 spiro atoms. The third kappa shape index (κ3) is 4.05. The number of aldehydes is 1. The Kier molecular flexibility index (Phi) is 5.08. The minimum Gasteiger partial charge on any atom is -0.467 e. The van der Waals surface area contributed by atoms with Crippen molar-refractivity contribution in [2.24, 2.45) is 0 Å². The average Bonchev–Trinajstić information content (AvgIpc) is 3.07. The first-order valence-corrected chi connectivity index (χ1v) is 6.65. The van der Waals surface area contributed by atoms with E-state index in [9.17, 15) is 14.4 Å². The Hall–Kier alpha value is -2.89. The van der Waals surface area contributed by atoms with Crippen LogP contribution in [0.1, 0.15) is 39.4 Å². The highest BCUT2D eigenvalue weighted by Crippen LogP contribution is 2.11. The molecular formula is C16H15NO5. The maximum absolute atomic E-state index is 11.8. The lowest BCUT2D eigenvalue weighted by atomic mass is 10.1. The standard InChI is InChI=1S/C16H15NO5/c1-11(14-3-2-8-21-14)17-15(19)10-22-16(20)13-6-4-12(9-18)5-7-13/h2-9,11H,10H2,1H3,(H,17,19)/t11-/m0/s1. The first kappa shape index (κ1) is 15.5. The van der Waals surface area contributed by atoms with Crippen LogP contribution in [0.15, 0.2) is 47.1 Å². The lowest BCUT2D eigenvalue weighted by Gasteiger charge is -2.11. The normalized spacial score (nSPS) is 11.5. The van der Waals surface area contributed by atoms with Crippen LogP contribution >= 0.6 is 0 Å². The molecule has 2 rings (SSSR count). The van der Waals surface area contributed by atoms with Crippen LogP contribution in [0.25, 0.3) is 0 Å². The number of furan rings is 1. The fraction of sp³-hybridized carbons (Fsp3) is 0.188. The molecule has 1 aromatic heterocycles. The van der Waals surface area contributed by atoms with Crippen molar-refractivity contribution in [1.29, 1.82) is 0 Å². The topological polar surface area (TPSA) is 85.6 Å². The molecule has 114 valence electrons. The second-order valence-electron chi connectivity index (χ2n) is 4.62. The smallest absolute Gasteiger partial charge is 0.338 e. The minimum absolute atomic E-state index is 0.275. The van der Waals surface area contributed by atoms with Crippen molar-refractivity contribution in [2.45, 2.75) is 13.0 Å². The van der Waals surface area contributed by atoms with E-state index in [-0.39, 0.29) is 18.2 Å². The number of benzene rings is 1. The van der Waals surface area contributed by atoms with E-state index in [4.69, 9.17) is 9.15 Å². The van der Waals surface area contributed by atoms with Crippen LogP contribution in [0.4, 0.5) is 0 Å². The Labute approximate surface area is 127 Å². The lowest BCUT2D eigenvalue weighted by molar-refractivity contribution is -0.125. The lowest BCUT2D eigenvalue weighted by Crippen LogP contribution is -2.30. The molecule has 0 fully saturated rings. The van der Waals surface area contributed by atoms with Gasteiger partial charge in [-0.15, -0.1) is 0 Å². The van der Waals surface area contributed by atoms with Crippen molar-refractivity contribution in [3.63, 3.8) is 0 Å². The van der Waals surface area contributed by atoms with E-state index in [1.165, 1.54) is 30.5 Å². The fourth-order valence-electron chi connectivity index (χ4n) is 1.80. The molecule has 1 heterocycles. The largest absolute Gasteiger partial charge is 0.467 e. The third-order valence-corrected chi connectivity index (χ3v) is 2.96. The molecular weight excluding hydrogens is 286 g/mol. The summed E-state index contributed by atoms with van der Waals surface area (Å²) in [5.74, 6) is -0.441. The predicted molar refractivity (Wildman–Crippen MR) is 77.4 cm³/mol. The Morgan fingerprint density at radius 3 is 2.59 bits per heavy atom. The second-order valence-corrected chi connectivity index (χ2v) is 4.62. The number of ether oxygens (including phenoxy) is 1. The summed E-state index contributed by atoms with van der Waals surface area (Å²) in [4.78, 5) is 34.0. The molecule has 6 heteroatoms. The summed E-state index contributed by atoms with van der Waals surface area (Å²) in [5, 5.41) is 2.65. The summed E-state index contributed by atoms with van der Waals surface area (Å²) < 4.78 is 10.1. The Balaban J connectivity index is 1.82. The number of rotatable bonds is 6. The first-order chi connectivity index (χ1) is 10.6. The summed E-state index contributed by atoms with van der Waals surface area (Å²) in [6.07, 6.45) is 2.19. The number of hydrogen-bond donors (Lipinski definition) is 1. The number of nitrogens with one attached hydrogen (secondary N) is 1. The zero-order valence-electron chi connectivity index (χ0n) is 11.9. The van der Waals surface area contributed by atoms with Gasteiger partial charge in [0.2, 0.25) is 0 Å². The number of esters is 1. The van der Waals surface area contributed by atoms with Crippen molar-refractivity contribution in [1.82, 2.24) is 5.32 Å². The van der Waals surface area contributed by atoms with Crippen LogP contribution in [0.5, 0.6) is 0 Å². The van der Waals surface area contributed by atoms with Crippen molar-refractivity contribution in [2.75, 3.05) is 6.61 Å². The quantitative estimate of drug-likeness (QED) is 0.652. The summed E-state index contributed by atoms with van der Waals surface area (Å²) in [7, 11) is 0. The van der Waals surface area contributed by atoms with Crippen LogP contribution in [-0.4, -0.2) is 24.8 Å². The van der Waals surface area contributed by atoms with Gasteiger partial charge in [-0.05, 0) is 31.2 Å². The SMILES string of the molecule is C[C@H](NC(=O)COC(=O)c1ccc(C=O)cc1)c1ccco1. The highest BCUT2D eigenvalue weighted by molar-refractivity contribution is 5.92. The summed E-state index contributed by atoms with van der Waals surface area (Å²) in [6.45, 7) is 1.37. The van der Waals surface area contributed by atoms with E-state index in [1.807, 2.05) is 0 Å². The summed E-state index contributed by atoms with van der Waals surface area (Å²) in [5.41, 5.74) is 0.735. The van der Waals surface area contributed by atoms with Gasteiger partial charge < -0.3 is 14.5 Å². The molecule has 6 nitrogen and oxygen atoms in total. The summed E-state index contributed by atoms with van der Waals surface area (Å²) in [6, 6.07) is 9.09. The molecule has 22 heavy (non-hydrogen) atoms. The second kappa shape index (κ2) is 7.21. The Morgan fingerprint density at radius 2 is 2.00 bits per heavy atom. The van der Waals surface area contributed by atoms with Gasteiger partial charge in [-0.25, -0.2) is 4.79 Å². The molecule has 0 bridgehead atoms. The predicted octanol–water partition coefficient (Wildman–Crippen LogP) is 2.13. The Morgan fingerprint density at radius 1 is 1.27 bits per heavy atom. The molecule has 0 aliphatic heterocycles. The van der Waals surface area contributed by atoms with Crippen LogP contribution in [0, 0.1) is 0 Å². The van der Waals surface area contributed by atoms with Gasteiger partial charge in [0.15, 0.2) is 6.61 Å². The van der Waals surface area contributed by atoms with Crippen molar-refractivity contribution in [3.05, 3.63) is 59.5 Å². The van der Waals surface area contributed by atoms with E-state index in [0.29, 0.717) is 17.6 Å². The van der Waals surface area contributed by atoms with E-state index in [0.717, 1.165) is 0 Å². The minimum atomic E-state index is -0.627. The maximum atomic E-state index is 11.8. The third-order valence-electron chi connectivity index (χ3n) is 2.96. The highest BCUT2D eigenvalue weighted by atomic mass is 16.5. The number of amides is 1. The van der Waals surface area contributed by atoms with Crippen molar-refractivity contribution in [3.8, 4) is 0 Å². The van der Waals surface area contributed by atoms with Gasteiger partial charge in [0.25, 0.3) is 5.91 Å².